The van der Waals surface area contributed by atoms with Crippen molar-refractivity contribution in [2.24, 2.45) is 4.99 Å². The average molecular weight is 429 g/mol. The minimum absolute atomic E-state index is 0.121. The average Bonchev–Trinajstić information content (AvgIpc) is 3.24. The molecule has 1 amide bonds. The van der Waals surface area contributed by atoms with Gasteiger partial charge in [0.2, 0.25) is 6.79 Å². The molecule has 29 heavy (non-hydrogen) atoms. The maximum Gasteiger partial charge on any atom is 0.252 e. The summed E-state index contributed by atoms with van der Waals surface area (Å²) in [7, 11) is 0. The van der Waals surface area contributed by atoms with Gasteiger partial charge in [-0.1, -0.05) is 29.0 Å². The summed E-state index contributed by atoms with van der Waals surface area (Å²) < 4.78 is 14.2. The molecule has 0 aliphatic carbocycles. The topological polar surface area (TPSA) is 52.8 Å². The summed E-state index contributed by atoms with van der Waals surface area (Å²) in [5, 5.41) is 0. The maximum absolute atomic E-state index is 12.8. The van der Waals surface area contributed by atoms with Crippen molar-refractivity contribution in [2.45, 2.75) is 33.7 Å². The molecule has 1 aliphatic heterocycles. The normalized spacial score (nSPS) is 13.4. The molecule has 0 spiro atoms. The number of thioether (sulfide) groups is 1. The van der Waals surface area contributed by atoms with E-state index < -0.39 is 0 Å². The Hall–Kier alpha value is -2.25. The predicted molar refractivity (Wildman–Crippen MR) is 119 cm³/mol. The van der Waals surface area contributed by atoms with Crippen LogP contribution in [0.3, 0.4) is 0 Å². The number of thiazole rings is 1. The van der Waals surface area contributed by atoms with Crippen LogP contribution in [0.2, 0.25) is 0 Å². The van der Waals surface area contributed by atoms with Crippen molar-refractivity contribution in [1.29, 1.82) is 0 Å². The minimum atomic E-state index is -0.121. The van der Waals surface area contributed by atoms with Crippen LogP contribution in [0.5, 0.6) is 11.5 Å². The van der Waals surface area contributed by atoms with Crippen molar-refractivity contribution in [3.05, 3.63) is 51.3 Å². The molecule has 0 atom stereocenters. The van der Waals surface area contributed by atoms with E-state index in [0.717, 1.165) is 55.5 Å². The molecule has 0 bridgehead atoms. The van der Waals surface area contributed by atoms with Crippen LogP contribution in [-0.4, -0.2) is 29.3 Å². The van der Waals surface area contributed by atoms with E-state index in [2.05, 4.69) is 48.7 Å². The second-order valence-electron chi connectivity index (χ2n) is 7.26. The third kappa shape index (κ3) is 4.07. The van der Waals surface area contributed by atoms with E-state index >= 15 is 0 Å². The number of fused-ring (bicyclic) bond motifs is 2. The molecule has 0 N–H and O–H groups in total. The van der Waals surface area contributed by atoms with E-state index in [-0.39, 0.29) is 12.7 Å². The fraction of sp³-hybridized carbons (Fsp3) is 0.364. The molecule has 3 aromatic rings. The third-order valence-corrected chi connectivity index (χ3v) is 6.72. The summed E-state index contributed by atoms with van der Waals surface area (Å²) in [5.41, 5.74) is 5.60. The van der Waals surface area contributed by atoms with Crippen molar-refractivity contribution >= 4 is 39.2 Å². The van der Waals surface area contributed by atoms with Gasteiger partial charge in [-0.15, -0.1) is 0 Å². The van der Waals surface area contributed by atoms with Crippen molar-refractivity contribution in [1.82, 2.24) is 4.57 Å². The molecule has 1 aromatic heterocycles. The highest BCUT2D eigenvalue weighted by Crippen LogP contribution is 2.37. The van der Waals surface area contributed by atoms with Gasteiger partial charge in [0.05, 0.1) is 16.6 Å². The van der Waals surface area contributed by atoms with Gasteiger partial charge in [-0.25, -0.2) is 0 Å². The number of ether oxygens (including phenoxy) is 2. The van der Waals surface area contributed by atoms with Gasteiger partial charge in [0.15, 0.2) is 16.3 Å². The molecule has 0 radical (unpaired) electrons. The lowest BCUT2D eigenvalue weighted by Crippen LogP contribution is -2.19. The monoisotopic (exact) mass is 428 g/mol. The van der Waals surface area contributed by atoms with Gasteiger partial charge in [0.25, 0.3) is 5.91 Å². The summed E-state index contributed by atoms with van der Waals surface area (Å²) in [6, 6.07) is 8.21. The number of carbonyl (C=O) groups is 1. The zero-order chi connectivity index (χ0) is 20.5. The van der Waals surface area contributed by atoms with Crippen molar-refractivity contribution in [3.8, 4) is 11.5 Å². The molecule has 0 saturated carbocycles. The number of nitrogens with zero attached hydrogens (tertiary/aromatic N) is 2. The standard InChI is InChI=1S/C22H24N2O3S2/c1-13-7-14(2)16(15(3)8-13)9-21(25)23-22-24(5-6-28-4)17-10-18-19(27-12-26-18)11-20(17)29-22/h7-8,10-11H,5-6,9,12H2,1-4H3. The lowest BCUT2D eigenvalue weighted by Gasteiger charge is -2.09. The van der Waals surface area contributed by atoms with E-state index in [0.29, 0.717) is 6.42 Å². The van der Waals surface area contributed by atoms with E-state index in [9.17, 15) is 4.79 Å². The Bertz CT molecular complexity index is 1140. The highest BCUT2D eigenvalue weighted by atomic mass is 32.2. The number of hydrogen-bond donors (Lipinski definition) is 0. The number of amides is 1. The molecule has 5 nitrogen and oxygen atoms in total. The first kappa shape index (κ1) is 20.0. The Labute approximate surface area is 178 Å². The first-order valence-corrected chi connectivity index (χ1v) is 11.7. The molecule has 1 aliphatic rings. The van der Waals surface area contributed by atoms with E-state index in [1.807, 2.05) is 12.1 Å². The number of aromatic nitrogens is 1. The molecule has 2 heterocycles. The lowest BCUT2D eigenvalue weighted by atomic mass is 9.97. The van der Waals surface area contributed by atoms with Crippen molar-refractivity contribution in [3.63, 3.8) is 0 Å². The van der Waals surface area contributed by atoms with E-state index in [1.54, 1.807) is 11.8 Å². The van der Waals surface area contributed by atoms with Gasteiger partial charge >= 0.3 is 0 Å². The number of hydrogen-bond acceptors (Lipinski definition) is 5. The van der Waals surface area contributed by atoms with Gasteiger partial charge in [0.1, 0.15) is 0 Å². The molecule has 0 unspecified atom stereocenters. The molecule has 152 valence electrons. The van der Waals surface area contributed by atoms with Crippen molar-refractivity contribution < 1.29 is 14.3 Å². The first-order chi connectivity index (χ1) is 14.0. The smallest absolute Gasteiger partial charge is 0.252 e. The molecule has 0 fully saturated rings. The van der Waals surface area contributed by atoms with Gasteiger partial charge in [0, 0.05) is 24.4 Å². The zero-order valence-corrected chi connectivity index (χ0v) is 18.7. The number of carbonyl (C=O) groups excluding carboxylic acids is 1. The van der Waals surface area contributed by atoms with Crippen LogP contribution in [0.1, 0.15) is 22.3 Å². The minimum Gasteiger partial charge on any atom is -0.454 e. The lowest BCUT2D eigenvalue weighted by molar-refractivity contribution is -0.117. The second-order valence-corrected chi connectivity index (χ2v) is 9.26. The fourth-order valence-electron chi connectivity index (χ4n) is 3.73. The summed E-state index contributed by atoms with van der Waals surface area (Å²) in [4.78, 5) is 18.1. The zero-order valence-electron chi connectivity index (χ0n) is 17.1. The molecule has 7 heteroatoms. The van der Waals surface area contributed by atoms with Crippen LogP contribution >= 0.6 is 23.1 Å². The number of rotatable bonds is 5. The maximum atomic E-state index is 12.8. The van der Waals surface area contributed by atoms with Crippen LogP contribution in [0.15, 0.2) is 29.3 Å². The molecule has 0 saturated heterocycles. The number of benzene rings is 2. The number of aryl methyl sites for hydroxylation is 4. The van der Waals surface area contributed by atoms with Crippen molar-refractivity contribution in [2.75, 3.05) is 18.8 Å². The summed E-state index contributed by atoms with van der Waals surface area (Å²) in [6.07, 6.45) is 2.39. The Morgan fingerprint density at radius 2 is 1.83 bits per heavy atom. The summed E-state index contributed by atoms with van der Waals surface area (Å²) in [5.74, 6) is 2.32. The van der Waals surface area contributed by atoms with Gasteiger partial charge in [-0.05, 0) is 43.7 Å². The fourth-order valence-corrected chi connectivity index (χ4v) is 5.18. The Morgan fingerprint density at radius 1 is 1.14 bits per heavy atom. The Balaban J connectivity index is 1.74. The third-order valence-electron chi connectivity index (χ3n) is 5.08. The van der Waals surface area contributed by atoms with Gasteiger partial charge in [-0.2, -0.15) is 16.8 Å². The highest BCUT2D eigenvalue weighted by molar-refractivity contribution is 7.98. The van der Waals surface area contributed by atoms with Gasteiger partial charge < -0.3 is 14.0 Å². The van der Waals surface area contributed by atoms with Crippen LogP contribution in [0.4, 0.5) is 0 Å². The van der Waals surface area contributed by atoms with Gasteiger partial charge in [-0.3, -0.25) is 4.79 Å². The molecular weight excluding hydrogens is 404 g/mol. The van der Waals surface area contributed by atoms with E-state index in [4.69, 9.17) is 9.47 Å². The summed E-state index contributed by atoms with van der Waals surface area (Å²) >= 11 is 3.29. The Kier molecular flexibility index (Phi) is 5.69. The van der Waals surface area contributed by atoms with Crippen LogP contribution in [0, 0.1) is 20.8 Å². The SMILES string of the molecule is CSCCn1c(=NC(=O)Cc2c(C)cc(C)cc2C)sc2cc3c(cc21)OCO3. The molecule has 2 aromatic carbocycles. The van der Waals surface area contributed by atoms with E-state index in [1.165, 1.54) is 16.9 Å². The predicted octanol–water partition coefficient (Wildman–Crippen LogP) is 4.39. The quantitative estimate of drug-likeness (QED) is 0.605. The molecule has 4 rings (SSSR count). The van der Waals surface area contributed by atoms with Crippen LogP contribution < -0.4 is 14.3 Å². The largest absolute Gasteiger partial charge is 0.454 e. The first-order valence-electron chi connectivity index (χ1n) is 9.52. The summed E-state index contributed by atoms with van der Waals surface area (Å²) in [6.45, 7) is 7.23. The highest BCUT2D eigenvalue weighted by Gasteiger charge is 2.18. The van der Waals surface area contributed by atoms with Crippen LogP contribution in [-0.2, 0) is 17.8 Å². The molecular formula is C22H24N2O3S2. The van der Waals surface area contributed by atoms with Crippen LogP contribution in [0.25, 0.3) is 10.2 Å². The second kappa shape index (κ2) is 8.24. The Morgan fingerprint density at radius 3 is 2.52 bits per heavy atom.